The molecular weight excluding hydrogens is 218 g/mol. The SMILES string of the molecule is Cc1ccc(-c2cccc(C(C)(C)C)c2)nc1C. The molecule has 1 heteroatoms. The first kappa shape index (κ1) is 12.8. The highest BCUT2D eigenvalue weighted by Gasteiger charge is 2.14. The van der Waals surface area contributed by atoms with E-state index in [0.717, 1.165) is 11.4 Å². The van der Waals surface area contributed by atoms with E-state index in [9.17, 15) is 0 Å². The maximum absolute atomic E-state index is 4.67. The molecule has 0 aliphatic heterocycles. The minimum absolute atomic E-state index is 0.176. The minimum Gasteiger partial charge on any atom is -0.253 e. The number of pyridine rings is 1. The van der Waals surface area contributed by atoms with E-state index in [4.69, 9.17) is 0 Å². The first-order valence-electron chi connectivity index (χ1n) is 6.43. The maximum Gasteiger partial charge on any atom is 0.0705 e. The van der Waals surface area contributed by atoms with Crippen LogP contribution in [0.1, 0.15) is 37.6 Å². The van der Waals surface area contributed by atoms with E-state index < -0.39 is 0 Å². The number of rotatable bonds is 1. The van der Waals surface area contributed by atoms with Crippen molar-refractivity contribution in [3.8, 4) is 11.3 Å². The van der Waals surface area contributed by atoms with Crippen LogP contribution in [0.15, 0.2) is 36.4 Å². The molecule has 0 atom stereocenters. The Balaban J connectivity index is 2.48. The summed E-state index contributed by atoms with van der Waals surface area (Å²) >= 11 is 0. The molecule has 1 heterocycles. The van der Waals surface area contributed by atoms with Gasteiger partial charge in [0.2, 0.25) is 0 Å². The second-order valence-corrected chi connectivity index (χ2v) is 5.93. The number of benzene rings is 1. The Labute approximate surface area is 110 Å². The number of nitrogens with zero attached hydrogens (tertiary/aromatic N) is 1. The van der Waals surface area contributed by atoms with Crippen molar-refractivity contribution in [2.45, 2.75) is 40.0 Å². The Hall–Kier alpha value is -1.63. The van der Waals surface area contributed by atoms with Crippen molar-refractivity contribution in [3.05, 3.63) is 53.2 Å². The molecule has 0 saturated heterocycles. The maximum atomic E-state index is 4.67. The lowest BCUT2D eigenvalue weighted by Crippen LogP contribution is -2.10. The fraction of sp³-hybridized carbons (Fsp3) is 0.353. The fourth-order valence-corrected chi connectivity index (χ4v) is 1.94. The molecule has 0 radical (unpaired) electrons. The Morgan fingerprint density at radius 1 is 0.944 bits per heavy atom. The summed E-state index contributed by atoms with van der Waals surface area (Å²) in [4.78, 5) is 4.67. The third kappa shape index (κ3) is 2.61. The van der Waals surface area contributed by atoms with Gasteiger partial charge < -0.3 is 0 Å². The molecule has 0 unspecified atom stereocenters. The average molecular weight is 239 g/mol. The Morgan fingerprint density at radius 3 is 2.28 bits per heavy atom. The lowest BCUT2D eigenvalue weighted by atomic mass is 9.86. The van der Waals surface area contributed by atoms with Gasteiger partial charge in [0.1, 0.15) is 0 Å². The third-order valence-corrected chi connectivity index (χ3v) is 3.37. The Kier molecular flexibility index (Phi) is 3.25. The first-order valence-corrected chi connectivity index (χ1v) is 6.43. The van der Waals surface area contributed by atoms with Gasteiger partial charge in [0.25, 0.3) is 0 Å². The fourth-order valence-electron chi connectivity index (χ4n) is 1.94. The molecule has 2 rings (SSSR count). The largest absolute Gasteiger partial charge is 0.253 e. The standard InChI is InChI=1S/C17H21N/c1-12-9-10-16(18-13(12)2)14-7-6-8-15(11-14)17(3,4)5/h6-11H,1-5H3. The molecule has 0 bridgehead atoms. The molecule has 0 aliphatic carbocycles. The van der Waals surface area contributed by atoms with Gasteiger partial charge in [0, 0.05) is 11.3 Å². The summed E-state index contributed by atoms with van der Waals surface area (Å²) in [7, 11) is 0. The number of hydrogen-bond donors (Lipinski definition) is 0. The van der Waals surface area contributed by atoms with Crippen LogP contribution in [0.5, 0.6) is 0 Å². The van der Waals surface area contributed by atoms with Crippen LogP contribution in [0.25, 0.3) is 11.3 Å². The van der Waals surface area contributed by atoms with Gasteiger partial charge in [-0.25, -0.2) is 0 Å². The van der Waals surface area contributed by atoms with E-state index in [1.165, 1.54) is 16.7 Å². The molecule has 0 amide bonds. The zero-order valence-corrected chi connectivity index (χ0v) is 11.9. The summed E-state index contributed by atoms with van der Waals surface area (Å²) in [5.41, 5.74) is 6.13. The second-order valence-electron chi connectivity index (χ2n) is 5.93. The van der Waals surface area contributed by atoms with E-state index in [1.54, 1.807) is 0 Å². The van der Waals surface area contributed by atoms with Gasteiger partial charge in [-0.05, 0) is 42.5 Å². The van der Waals surface area contributed by atoms with Gasteiger partial charge in [-0.1, -0.05) is 45.0 Å². The predicted molar refractivity (Wildman–Crippen MR) is 77.8 cm³/mol. The number of aromatic nitrogens is 1. The summed E-state index contributed by atoms with van der Waals surface area (Å²) in [6.45, 7) is 10.9. The van der Waals surface area contributed by atoms with Crippen LogP contribution in [0.2, 0.25) is 0 Å². The Bertz CT molecular complexity index is 562. The molecule has 0 saturated carbocycles. The summed E-state index contributed by atoms with van der Waals surface area (Å²) in [6.07, 6.45) is 0. The summed E-state index contributed by atoms with van der Waals surface area (Å²) < 4.78 is 0. The topological polar surface area (TPSA) is 12.9 Å². The molecule has 1 aromatic carbocycles. The van der Waals surface area contributed by atoms with Crippen molar-refractivity contribution in [2.24, 2.45) is 0 Å². The zero-order valence-electron chi connectivity index (χ0n) is 11.9. The highest BCUT2D eigenvalue weighted by molar-refractivity contribution is 5.61. The lowest BCUT2D eigenvalue weighted by Gasteiger charge is -2.19. The summed E-state index contributed by atoms with van der Waals surface area (Å²) in [5.74, 6) is 0. The normalized spacial score (nSPS) is 11.6. The van der Waals surface area contributed by atoms with Crippen molar-refractivity contribution in [2.75, 3.05) is 0 Å². The molecule has 18 heavy (non-hydrogen) atoms. The summed E-state index contributed by atoms with van der Waals surface area (Å²) in [6, 6.07) is 12.9. The van der Waals surface area contributed by atoms with E-state index in [1.807, 2.05) is 0 Å². The molecule has 2 aromatic rings. The van der Waals surface area contributed by atoms with Gasteiger partial charge in [-0.15, -0.1) is 0 Å². The van der Waals surface area contributed by atoms with Crippen molar-refractivity contribution >= 4 is 0 Å². The van der Waals surface area contributed by atoms with Crippen molar-refractivity contribution in [3.63, 3.8) is 0 Å². The van der Waals surface area contributed by atoms with E-state index in [2.05, 4.69) is 76.0 Å². The van der Waals surface area contributed by atoms with Crippen LogP contribution in [0, 0.1) is 13.8 Å². The molecule has 0 spiro atoms. The van der Waals surface area contributed by atoms with E-state index in [-0.39, 0.29) is 5.41 Å². The quantitative estimate of drug-likeness (QED) is 0.705. The molecule has 1 aromatic heterocycles. The minimum atomic E-state index is 0.176. The third-order valence-electron chi connectivity index (χ3n) is 3.37. The molecule has 94 valence electrons. The average Bonchev–Trinajstić information content (AvgIpc) is 2.32. The van der Waals surface area contributed by atoms with Crippen LogP contribution in [-0.2, 0) is 5.41 Å². The first-order chi connectivity index (χ1) is 8.38. The van der Waals surface area contributed by atoms with Crippen LogP contribution in [0.3, 0.4) is 0 Å². The van der Waals surface area contributed by atoms with Crippen molar-refractivity contribution in [1.82, 2.24) is 4.98 Å². The van der Waals surface area contributed by atoms with Crippen LogP contribution >= 0.6 is 0 Å². The molecule has 1 nitrogen and oxygen atoms in total. The van der Waals surface area contributed by atoms with E-state index in [0.29, 0.717) is 0 Å². The molecule has 0 N–H and O–H groups in total. The predicted octanol–water partition coefficient (Wildman–Crippen LogP) is 4.66. The molecule has 0 fully saturated rings. The van der Waals surface area contributed by atoms with Gasteiger partial charge >= 0.3 is 0 Å². The zero-order chi connectivity index (χ0) is 13.3. The van der Waals surface area contributed by atoms with Gasteiger partial charge in [0.15, 0.2) is 0 Å². The van der Waals surface area contributed by atoms with Crippen molar-refractivity contribution < 1.29 is 0 Å². The van der Waals surface area contributed by atoms with Gasteiger partial charge in [-0.3, -0.25) is 4.98 Å². The van der Waals surface area contributed by atoms with Crippen molar-refractivity contribution in [1.29, 1.82) is 0 Å². The highest BCUT2D eigenvalue weighted by Crippen LogP contribution is 2.27. The Morgan fingerprint density at radius 2 is 1.67 bits per heavy atom. The summed E-state index contributed by atoms with van der Waals surface area (Å²) in [5, 5.41) is 0. The van der Waals surface area contributed by atoms with Gasteiger partial charge in [-0.2, -0.15) is 0 Å². The molecular formula is C17H21N. The van der Waals surface area contributed by atoms with E-state index >= 15 is 0 Å². The highest BCUT2D eigenvalue weighted by atomic mass is 14.7. The second kappa shape index (κ2) is 4.56. The monoisotopic (exact) mass is 239 g/mol. The van der Waals surface area contributed by atoms with Crippen LogP contribution in [0.4, 0.5) is 0 Å². The number of aryl methyl sites for hydroxylation is 2. The van der Waals surface area contributed by atoms with Gasteiger partial charge in [0.05, 0.1) is 5.69 Å². The molecule has 0 aliphatic rings. The number of hydrogen-bond acceptors (Lipinski definition) is 1. The smallest absolute Gasteiger partial charge is 0.0705 e. The van der Waals surface area contributed by atoms with Crippen LogP contribution < -0.4 is 0 Å². The lowest BCUT2D eigenvalue weighted by molar-refractivity contribution is 0.590. The van der Waals surface area contributed by atoms with Crippen LogP contribution in [-0.4, -0.2) is 4.98 Å².